The first-order valence-corrected chi connectivity index (χ1v) is 11.5. The van der Waals surface area contributed by atoms with E-state index in [1.807, 2.05) is 0 Å². The highest BCUT2D eigenvalue weighted by molar-refractivity contribution is 8.13. The van der Waals surface area contributed by atoms with Gasteiger partial charge in [-0.2, -0.15) is 0 Å². The molecule has 0 aliphatic carbocycles. The molecule has 6 heteroatoms. The number of thioether (sulfide) groups is 1. The summed E-state index contributed by atoms with van der Waals surface area (Å²) in [5, 5.41) is 0.931. The molecule has 0 saturated carbocycles. The van der Waals surface area contributed by atoms with Crippen LogP contribution < -0.4 is 4.90 Å². The summed E-state index contributed by atoms with van der Waals surface area (Å²) in [6, 6.07) is 16.5. The molecule has 0 unspecified atom stereocenters. The minimum atomic E-state index is -3.01. The maximum atomic E-state index is 12.1. The zero-order chi connectivity index (χ0) is 18.3. The van der Waals surface area contributed by atoms with Crippen molar-refractivity contribution in [2.45, 2.75) is 31.7 Å². The average molecular weight is 387 g/mol. The smallest absolute Gasteiger partial charge is 0.164 e. The van der Waals surface area contributed by atoms with Crippen LogP contribution in [0.5, 0.6) is 0 Å². The number of fused-ring (bicyclic) bond motifs is 1. The van der Waals surface area contributed by atoms with Gasteiger partial charge in [0.25, 0.3) is 0 Å². The zero-order valence-corrected chi connectivity index (χ0v) is 16.6. The third kappa shape index (κ3) is 3.53. The summed E-state index contributed by atoms with van der Waals surface area (Å²) in [4.78, 5) is 6.92. The van der Waals surface area contributed by atoms with Gasteiger partial charge in [0.2, 0.25) is 0 Å². The minimum Gasteiger partial charge on any atom is -0.315 e. The van der Waals surface area contributed by atoms with E-state index in [1.54, 1.807) is 11.8 Å². The largest absolute Gasteiger partial charge is 0.315 e. The van der Waals surface area contributed by atoms with E-state index >= 15 is 0 Å². The van der Waals surface area contributed by atoms with Gasteiger partial charge in [0, 0.05) is 11.4 Å². The van der Waals surface area contributed by atoms with Crippen LogP contribution in [0.3, 0.4) is 0 Å². The second-order valence-electron chi connectivity index (χ2n) is 7.11. The van der Waals surface area contributed by atoms with E-state index in [-0.39, 0.29) is 23.6 Å². The summed E-state index contributed by atoms with van der Waals surface area (Å²) in [5.74, 6) is 1.17. The molecule has 0 aromatic heterocycles. The zero-order valence-electron chi connectivity index (χ0n) is 14.9. The molecule has 1 saturated heterocycles. The molecule has 2 aromatic rings. The SMILES string of the molecule is Cc1ccc(N2C(SCc3cccc(C)c3)=N[C@@H]3CS(=O)(=O)C[C@H]32)cc1. The Morgan fingerprint density at radius 2 is 1.85 bits per heavy atom. The molecule has 2 aliphatic rings. The third-order valence-corrected chi connectivity index (χ3v) is 7.61. The van der Waals surface area contributed by atoms with Gasteiger partial charge in [0.15, 0.2) is 15.0 Å². The van der Waals surface area contributed by atoms with Crippen molar-refractivity contribution in [3.05, 3.63) is 65.2 Å². The minimum absolute atomic E-state index is 0.0808. The molecular formula is C20H22N2O2S2. The van der Waals surface area contributed by atoms with Crippen LogP contribution in [0.2, 0.25) is 0 Å². The standard InChI is InChI=1S/C20H22N2O2S2/c1-14-6-8-17(9-7-14)22-19-13-26(23,24)12-18(19)21-20(22)25-11-16-5-3-4-15(2)10-16/h3-10,18-19H,11-13H2,1-2H3/t18-,19-/m1/s1. The topological polar surface area (TPSA) is 49.7 Å². The first-order valence-electron chi connectivity index (χ1n) is 8.74. The maximum absolute atomic E-state index is 12.1. The molecule has 0 spiro atoms. The number of rotatable bonds is 3. The Kier molecular flexibility index (Phi) is 4.57. The highest BCUT2D eigenvalue weighted by atomic mass is 32.2. The summed E-state index contributed by atoms with van der Waals surface area (Å²) in [6.45, 7) is 4.15. The van der Waals surface area contributed by atoms with Crippen molar-refractivity contribution in [1.29, 1.82) is 0 Å². The number of sulfone groups is 1. The van der Waals surface area contributed by atoms with Gasteiger partial charge in [-0.15, -0.1) is 0 Å². The lowest BCUT2D eigenvalue weighted by molar-refractivity contribution is 0.601. The molecule has 0 radical (unpaired) electrons. The Bertz CT molecular complexity index is 952. The van der Waals surface area contributed by atoms with Crippen LogP contribution in [0.1, 0.15) is 16.7 Å². The molecule has 0 amide bonds. The van der Waals surface area contributed by atoms with Crippen LogP contribution in [0, 0.1) is 13.8 Å². The van der Waals surface area contributed by atoms with Gasteiger partial charge >= 0.3 is 0 Å². The molecule has 2 aromatic carbocycles. The molecule has 136 valence electrons. The van der Waals surface area contributed by atoms with Gasteiger partial charge in [-0.1, -0.05) is 59.3 Å². The van der Waals surface area contributed by atoms with Gasteiger partial charge in [-0.25, -0.2) is 8.42 Å². The number of nitrogens with zero attached hydrogens (tertiary/aromatic N) is 2. The van der Waals surface area contributed by atoms with Crippen LogP contribution in [0.15, 0.2) is 53.5 Å². The van der Waals surface area contributed by atoms with Gasteiger partial charge in [-0.05, 0) is 31.5 Å². The highest BCUT2D eigenvalue weighted by Gasteiger charge is 2.47. The fourth-order valence-corrected chi connectivity index (χ4v) is 6.50. The van der Waals surface area contributed by atoms with Crippen molar-refractivity contribution in [3.8, 4) is 0 Å². The van der Waals surface area contributed by atoms with E-state index in [1.165, 1.54) is 16.7 Å². The molecule has 0 N–H and O–H groups in total. The fourth-order valence-electron chi connectivity index (χ4n) is 3.59. The van der Waals surface area contributed by atoms with Crippen molar-refractivity contribution in [3.63, 3.8) is 0 Å². The van der Waals surface area contributed by atoms with Crippen molar-refractivity contribution in [1.82, 2.24) is 0 Å². The number of amidine groups is 1. The first-order chi connectivity index (χ1) is 12.4. The van der Waals surface area contributed by atoms with Crippen molar-refractivity contribution < 1.29 is 8.42 Å². The lowest BCUT2D eigenvalue weighted by Crippen LogP contribution is -2.39. The molecule has 2 aliphatic heterocycles. The van der Waals surface area contributed by atoms with Crippen LogP contribution >= 0.6 is 11.8 Å². The Labute approximate surface area is 159 Å². The molecule has 26 heavy (non-hydrogen) atoms. The molecule has 4 rings (SSSR count). The number of hydrogen-bond acceptors (Lipinski definition) is 5. The quantitative estimate of drug-likeness (QED) is 0.809. The summed E-state index contributed by atoms with van der Waals surface area (Å²) < 4.78 is 24.2. The Morgan fingerprint density at radius 3 is 2.58 bits per heavy atom. The number of aryl methyl sites for hydroxylation is 2. The number of hydrogen-bond donors (Lipinski definition) is 0. The molecule has 4 nitrogen and oxygen atoms in total. The second kappa shape index (κ2) is 6.74. The summed E-state index contributed by atoms with van der Waals surface area (Å²) in [5.41, 5.74) is 4.71. The van der Waals surface area contributed by atoms with Crippen molar-refractivity contribution in [2.75, 3.05) is 16.4 Å². The van der Waals surface area contributed by atoms with E-state index in [2.05, 4.69) is 67.3 Å². The molecule has 1 fully saturated rings. The highest BCUT2D eigenvalue weighted by Crippen LogP contribution is 2.36. The van der Waals surface area contributed by atoms with Crippen LogP contribution in [-0.4, -0.2) is 37.2 Å². The summed E-state index contributed by atoms with van der Waals surface area (Å²) in [7, 11) is -3.01. The molecule has 2 atom stereocenters. The van der Waals surface area contributed by atoms with E-state index in [0.717, 1.165) is 16.6 Å². The van der Waals surface area contributed by atoms with Crippen LogP contribution in [-0.2, 0) is 15.6 Å². The molecule has 2 heterocycles. The molecule has 0 bridgehead atoms. The molecular weight excluding hydrogens is 364 g/mol. The predicted molar refractivity (Wildman–Crippen MR) is 110 cm³/mol. The van der Waals surface area contributed by atoms with E-state index in [0.29, 0.717) is 0 Å². The third-order valence-electron chi connectivity index (χ3n) is 4.87. The van der Waals surface area contributed by atoms with E-state index in [4.69, 9.17) is 4.99 Å². The number of anilines is 1. The van der Waals surface area contributed by atoms with Gasteiger partial charge in [0.1, 0.15) is 0 Å². The Balaban J connectivity index is 1.61. The predicted octanol–water partition coefficient (Wildman–Crippen LogP) is 3.58. The van der Waals surface area contributed by atoms with Crippen molar-refractivity contribution in [2.24, 2.45) is 4.99 Å². The Hall–Kier alpha value is -1.79. The fraction of sp³-hybridized carbons (Fsp3) is 0.350. The van der Waals surface area contributed by atoms with Crippen molar-refractivity contribution >= 4 is 32.5 Å². The van der Waals surface area contributed by atoms with E-state index in [9.17, 15) is 8.42 Å². The first kappa shape index (κ1) is 17.6. The average Bonchev–Trinajstić information content (AvgIpc) is 3.05. The maximum Gasteiger partial charge on any atom is 0.164 e. The normalized spacial score (nSPS) is 23.8. The monoisotopic (exact) mass is 386 g/mol. The Morgan fingerprint density at radius 1 is 1.08 bits per heavy atom. The van der Waals surface area contributed by atoms with Crippen LogP contribution in [0.25, 0.3) is 0 Å². The summed E-state index contributed by atoms with van der Waals surface area (Å²) in [6.07, 6.45) is 0. The van der Waals surface area contributed by atoms with Gasteiger partial charge < -0.3 is 4.90 Å². The van der Waals surface area contributed by atoms with E-state index < -0.39 is 9.84 Å². The lowest BCUT2D eigenvalue weighted by Gasteiger charge is -2.26. The van der Waals surface area contributed by atoms with Gasteiger partial charge in [-0.3, -0.25) is 4.99 Å². The summed E-state index contributed by atoms with van der Waals surface area (Å²) >= 11 is 1.69. The number of benzene rings is 2. The van der Waals surface area contributed by atoms with Gasteiger partial charge in [0.05, 0.1) is 23.6 Å². The lowest BCUT2D eigenvalue weighted by atomic mass is 10.1. The second-order valence-corrected chi connectivity index (χ2v) is 10.2. The number of aliphatic imine (C=N–C) groups is 1. The van der Waals surface area contributed by atoms with Crippen LogP contribution in [0.4, 0.5) is 5.69 Å².